The van der Waals surface area contributed by atoms with Crippen LogP contribution in [0.1, 0.15) is 55.5 Å². The average molecular weight is 374 g/mol. The van der Waals surface area contributed by atoms with Crippen molar-refractivity contribution in [3.8, 4) is 0 Å². The van der Waals surface area contributed by atoms with Gasteiger partial charge in [-0.25, -0.2) is 4.98 Å². The lowest BCUT2D eigenvalue weighted by Crippen LogP contribution is -2.39. The standard InChI is InChI=1S/C20H27N3O2S/c1-2-11-22(20-21-16-9-5-6-10-17(16)26-20)19(25)14-12-18(24)23(13-14)15-7-3-4-8-15/h2,14-15H,1,3-13H2. The molecule has 6 heteroatoms. The van der Waals surface area contributed by atoms with Crippen molar-refractivity contribution in [1.82, 2.24) is 9.88 Å². The quantitative estimate of drug-likeness (QED) is 0.744. The fraction of sp³-hybridized carbons (Fsp3) is 0.650. The third-order valence-electron chi connectivity index (χ3n) is 5.92. The predicted octanol–water partition coefficient (Wildman–Crippen LogP) is 3.33. The molecule has 140 valence electrons. The van der Waals surface area contributed by atoms with E-state index >= 15 is 0 Å². The second kappa shape index (κ2) is 7.51. The molecular weight excluding hydrogens is 346 g/mol. The normalized spacial score (nSPS) is 23.3. The van der Waals surface area contributed by atoms with E-state index in [0.717, 1.165) is 36.5 Å². The van der Waals surface area contributed by atoms with Crippen LogP contribution in [0.3, 0.4) is 0 Å². The zero-order valence-electron chi connectivity index (χ0n) is 15.3. The van der Waals surface area contributed by atoms with Gasteiger partial charge in [-0.15, -0.1) is 17.9 Å². The van der Waals surface area contributed by atoms with Crippen molar-refractivity contribution in [2.75, 3.05) is 18.0 Å². The van der Waals surface area contributed by atoms with Gasteiger partial charge < -0.3 is 4.90 Å². The van der Waals surface area contributed by atoms with Crippen molar-refractivity contribution in [3.63, 3.8) is 0 Å². The van der Waals surface area contributed by atoms with Crippen LogP contribution in [-0.4, -0.2) is 40.8 Å². The largest absolute Gasteiger partial charge is 0.339 e. The minimum Gasteiger partial charge on any atom is -0.339 e. The molecule has 2 amide bonds. The summed E-state index contributed by atoms with van der Waals surface area (Å²) >= 11 is 1.65. The molecule has 1 saturated heterocycles. The highest BCUT2D eigenvalue weighted by atomic mass is 32.1. The number of amides is 2. The van der Waals surface area contributed by atoms with Crippen LogP contribution in [0.4, 0.5) is 5.13 Å². The molecule has 2 aliphatic carbocycles. The van der Waals surface area contributed by atoms with E-state index in [1.54, 1.807) is 22.3 Å². The Labute approximate surface area is 159 Å². The van der Waals surface area contributed by atoms with Crippen molar-refractivity contribution >= 4 is 28.3 Å². The molecule has 4 rings (SSSR count). The zero-order valence-corrected chi connectivity index (χ0v) is 16.1. The Morgan fingerprint density at radius 2 is 2.04 bits per heavy atom. The molecule has 1 atom stereocenters. The van der Waals surface area contributed by atoms with Gasteiger partial charge in [-0.05, 0) is 38.5 Å². The van der Waals surface area contributed by atoms with Crippen LogP contribution in [0.15, 0.2) is 12.7 Å². The van der Waals surface area contributed by atoms with Crippen molar-refractivity contribution in [2.45, 2.75) is 63.8 Å². The SMILES string of the molecule is C=CCN(C(=O)C1CC(=O)N(C2CCCC2)C1)c1nc2c(s1)CCCC2. The Kier molecular flexibility index (Phi) is 5.11. The Hall–Kier alpha value is -1.69. The van der Waals surface area contributed by atoms with Crippen LogP contribution >= 0.6 is 11.3 Å². The number of hydrogen-bond donors (Lipinski definition) is 0. The molecule has 0 spiro atoms. The van der Waals surface area contributed by atoms with Gasteiger partial charge in [0.1, 0.15) is 0 Å². The van der Waals surface area contributed by atoms with Crippen molar-refractivity contribution in [1.29, 1.82) is 0 Å². The number of hydrogen-bond acceptors (Lipinski definition) is 4. The van der Waals surface area contributed by atoms with Crippen LogP contribution in [0.25, 0.3) is 0 Å². The van der Waals surface area contributed by atoms with E-state index in [9.17, 15) is 9.59 Å². The summed E-state index contributed by atoms with van der Waals surface area (Å²) in [6, 6.07) is 0.348. The number of aromatic nitrogens is 1. The summed E-state index contributed by atoms with van der Waals surface area (Å²) < 4.78 is 0. The van der Waals surface area contributed by atoms with E-state index in [1.807, 2.05) is 4.90 Å². The van der Waals surface area contributed by atoms with Crippen LogP contribution in [0.5, 0.6) is 0 Å². The van der Waals surface area contributed by atoms with Gasteiger partial charge in [0, 0.05) is 30.4 Å². The summed E-state index contributed by atoms with van der Waals surface area (Å²) in [6.07, 6.45) is 11.1. The first kappa shape index (κ1) is 17.7. The molecule has 1 unspecified atom stereocenters. The number of likely N-dealkylation sites (tertiary alicyclic amines) is 1. The number of thiazole rings is 1. The van der Waals surface area contributed by atoms with Crippen molar-refractivity contribution in [3.05, 3.63) is 23.2 Å². The summed E-state index contributed by atoms with van der Waals surface area (Å²) in [6.45, 7) is 4.84. The zero-order chi connectivity index (χ0) is 18.1. The summed E-state index contributed by atoms with van der Waals surface area (Å²) in [7, 11) is 0. The number of nitrogens with zero attached hydrogens (tertiary/aromatic N) is 3. The number of aryl methyl sites for hydroxylation is 2. The molecule has 2 heterocycles. The van der Waals surface area contributed by atoms with Gasteiger partial charge in [-0.3, -0.25) is 14.5 Å². The first-order valence-electron chi connectivity index (χ1n) is 9.87. The fourth-order valence-electron chi connectivity index (χ4n) is 4.53. The first-order valence-corrected chi connectivity index (χ1v) is 10.7. The van der Waals surface area contributed by atoms with Crippen molar-refractivity contribution in [2.24, 2.45) is 5.92 Å². The Balaban J connectivity index is 1.51. The van der Waals surface area contributed by atoms with Crippen molar-refractivity contribution < 1.29 is 9.59 Å². The third-order valence-corrected chi connectivity index (χ3v) is 7.10. The number of rotatable bonds is 5. The highest BCUT2D eigenvalue weighted by Crippen LogP contribution is 2.34. The second-order valence-corrected chi connectivity index (χ2v) is 8.76. The molecule has 0 bridgehead atoms. The molecule has 1 aromatic rings. The average Bonchev–Trinajstić information content (AvgIpc) is 3.37. The van der Waals surface area contributed by atoms with Gasteiger partial charge in [0.25, 0.3) is 0 Å². The second-order valence-electron chi connectivity index (χ2n) is 7.70. The van der Waals surface area contributed by atoms with Crippen LogP contribution in [0, 0.1) is 5.92 Å². The number of carbonyl (C=O) groups excluding carboxylic acids is 2. The summed E-state index contributed by atoms with van der Waals surface area (Å²) in [5.74, 6) is -0.0685. The molecular formula is C20H27N3O2S. The topological polar surface area (TPSA) is 53.5 Å². The lowest BCUT2D eigenvalue weighted by Gasteiger charge is -2.25. The summed E-state index contributed by atoms with van der Waals surface area (Å²) in [5.41, 5.74) is 1.16. The molecule has 3 aliphatic rings. The predicted molar refractivity (Wildman–Crippen MR) is 103 cm³/mol. The molecule has 1 aromatic heterocycles. The van der Waals surface area contributed by atoms with Gasteiger partial charge in [-0.1, -0.05) is 18.9 Å². The number of fused-ring (bicyclic) bond motifs is 1. The van der Waals surface area contributed by atoms with Crippen LogP contribution in [-0.2, 0) is 22.4 Å². The number of anilines is 1. The van der Waals surface area contributed by atoms with Gasteiger partial charge in [0.15, 0.2) is 5.13 Å². The fourth-order valence-corrected chi connectivity index (χ4v) is 5.69. The van der Waals surface area contributed by atoms with Gasteiger partial charge in [0.2, 0.25) is 11.8 Å². The Morgan fingerprint density at radius 1 is 1.27 bits per heavy atom. The maximum atomic E-state index is 13.2. The summed E-state index contributed by atoms with van der Waals surface area (Å²) in [5, 5.41) is 0.786. The Morgan fingerprint density at radius 3 is 2.77 bits per heavy atom. The van der Waals surface area contributed by atoms with Gasteiger partial charge >= 0.3 is 0 Å². The number of carbonyl (C=O) groups is 2. The maximum Gasteiger partial charge on any atom is 0.234 e. The smallest absolute Gasteiger partial charge is 0.234 e. The minimum atomic E-state index is -0.246. The van der Waals surface area contributed by atoms with E-state index in [-0.39, 0.29) is 17.7 Å². The molecule has 26 heavy (non-hydrogen) atoms. The minimum absolute atomic E-state index is 0.0323. The van der Waals surface area contributed by atoms with Gasteiger partial charge in [-0.2, -0.15) is 0 Å². The van der Waals surface area contributed by atoms with Crippen LogP contribution in [0.2, 0.25) is 0 Å². The van der Waals surface area contributed by atoms with E-state index in [4.69, 9.17) is 4.98 Å². The third kappa shape index (κ3) is 3.31. The molecule has 1 aliphatic heterocycles. The van der Waals surface area contributed by atoms with E-state index in [1.165, 1.54) is 30.6 Å². The summed E-state index contributed by atoms with van der Waals surface area (Å²) in [4.78, 5) is 35.5. The highest BCUT2D eigenvalue weighted by molar-refractivity contribution is 7.16. The Bertz CT molecular complexity index is 684. The molecule has 1 saturated carbocycles. The first-order chi connectivity index (χ1) is 12.7. The van der Waals surface area contributed by atoms with E-state index in [0.29, 0.717) is 25.6 Å². The molecule has 0 radical (unpaired) electrons. The lowest BCUT2D eigenvalue weighted by atomic mass is 10.0. The molecule has 0 N–H and O–H groups in total. The van der Waals surface area contributed by atoms with Crippen LogP contribution < -0.4 is 4.90 Å². The monoisotopic (exact) mass is 373 g/mol. The lowest BCUT2D eigenvalue weighted by molar-refractivity contribution is -0.130. The van der Waals surface area contributed by atoms with Gasteiger partial charge in [0.05, 0.1) is 11.6 Å². The molecule has 2 fully saturated rings. The van der Waals surface area contributed by atoms with E-state index < -0.39 is 0 Å². The molecule has 0 aromatic carbocycles. The molecule has 5 nitrogen and oxygen atoms in total. The van der Waals surface area contributed by atoms with E-state index in [2.05, 4.69) is 6.58 Å². The highest BCUT2D eigenvalue weighted by Gasteiger charge is 2.40. The maximum absolute atomic E-state index is 13.2.